The monoisotopic (exact) mass is 623 g/mol. The number of thiophene rings is 1. The number of hydrogen-bond acceptors (Lipinski definition) is 7. The first kappa shape index (κ1) is 30.9. The van der Waals surface area contributed by atoms with Gasteiger partial charge in [-0.15, -0.1) is 11.3 Å². The van der Waals surface area contributed by atoms with Crippen LogP contribution in [0.3, 0.4) is 0 Å². The van der Waals surface area contributed by atoms with Gasteiger partial charge in [-0.2, -0.15) is 4.31 Å². The number of amides is 4. The molecule has 12 heteroatoms. The van der Waals surface area contributed by atoms with Gasteiger partial charge in [0.15, 0.2) is 0 Å². The number of carbonyl (C=O) groups excluding carboxylic acids is 3. The maximum absolute atomic E-state index is 13.4. The highest BCUT2D eigenvalue weighted by Gasteiger charge is 2.30. The lowest BCUT2D eigenvalue weighted by Crippen LogP contribution is -2.39. The first-order valence-electron chi connectivity index (χ1n) is 14.5. The molecule has 1 aromatic heterocycles. The highest BCUT2D eigenvalue weighted by molar-refractivity contribution is 7.89. The molecule has 1 saturated heterocycles. The summed E-state index contributed by atoms with van der Waals surface area (Å²) in [4.78, 5) is 43.7. The maximum Gasteiger partial charge on any atom is 0.323 e. The highest BCUT2D eigenvalue weighted by atomic mass is 32.2. The number of fused-ring (bicyclic) bond motifs is 1. The third-order valence-electron chi connectivity index (χ3n) is 7.79. The van der Waals surface area contributed by atoms with Crippen molar-refractivity contribution in [2.24, 2.45) is 0 Å². The van der Waals surface area contributed by atoms with Crippen molar-refractivity contribution in [3.05, 3.63) is 81.7 Å². The Morgan fingerprint density at radius 2 is 1.56 bits per heavy atom. The summed E-state index contributed by atoms with van der Waals surface area (Å²) >= 11 is 1.33. The fourth-order valence-corrected chi connectivity index (χ4v) is 8.22. The second-order valence-corrected chi connectivity index (χ2v) is 14.1. The van der Waals surface area contributed by atoms with Gasteiger partial charge < -0.3 is 10.2 Å². The zero-order valence-electron chi connectivity index (χ0n) is 24.5. The molecule has 0 spiro atoms. The van der Waals surface area contributed by atoms with Gasteiger partial charge >= 0.3 is 6.03 Å². The molecule has 0 unspecified atom stereocenters. The van der Waals surface area contributed by atoms with Crippen LogP contribution in [0, 0.1) is 0 Å². The van der Waals surface area contributed by atoms with Gasteiger partial charge in [-0.05, 0) is 54.7 Å². The molecule has 1 fully saturated rings. The second kappa shape index (κ2) is 13.4. The van der Waals surface area contributed by atoms with Crippen LogP contribution in [0.25, 0.3) is 0 Å². The molecule has 10 nitrogen and oxygen atoms in total. The number of hydrogen-bond donors (Lipinski definition) is 2. The first-order valence-corrected chi connectivity index (χ1v) is 16.7. The molecule has 0 atom stereocenters. The summed E-state index contributed by atoms with van der Waals surface area (Å²) < 4.78 is 27.9. The molecule has 5 rings (SSSR count). The van der Waals surface area contributed by atoms with E-state index in [9.17, 15) is 22.8 Å². The van der Waals surface area contributed by atoms with E-state index < -0.39 is 27.9 Å². The van der Waals surface area contributed by atoms with E-state index in [1.54, 1.807) is 14.1 Å². The molecule has 0 radical (unpaired) electrons. The average molecular weight is 624 g/mol. The van der Waals surface area contributed by atoms with Crippen LogP contribution in [0.1, 0.15) is 62.4 Å². The van der Waals surface area contributed by atoms with Crippen LogP contribution in [0.4, 0.5) is 9.80 Å². The van der Waals surface area contributed by atoms with Crippen LogP contribution in [0.15, 0.2) is 59.5 Å². The van der Waals surface area contributed by atoms with Crippen LogP contribution in [-0.4, -0.2) is 74.1 Å². The molecule has 43 heavy (non-hydrogen) atoms. The summed E-state index contributed by atoms with van der Waals surface area (Å²) in [5.74, 6) is -1.03. The molecule has 0 saturated carbocycles. The molecular formula is C31H37N5O5S2. The highest BCUT2D eigenvalue weighted by Crippen LogP contribution is 2.38. The number of sulfonamides is 1. The van der Waals surface area contributed by atoms with Crippen LogP contribution >= 0.6 is 11.3 Å². The van der Waals surface area contributed by atoms with Gasteiger partial charge in [0, 0.05) is 57.3 Å². The molecule has 0 bridgehead atoms. The van der Waals surface area contributed by atoms with Gasteiger partial charge in [-0.1, -0.05) is 43.2 Å². The Hall–Kier alpha value is -3.58. The van der Waals surface area contributed by atoms with Crippen molar-refractivity contribution in [1.29, 1.82) is 0 Å². The Balaban J connectivity index is 1.37. The van der Waals surface area contributed by atoms with Crippen LogP contribution in [0.5, 0.6) is 0 Å². The Morgan fingerprint density at radius 1 is 0.884 bits per heavy atom. The van der Waals surface area contributed by atoms with Gasteiger partial charge in [0.05, 0.1) is 10.5 Å². The van der Waals surface area contributed by atoms with E-state index in [1.165, 1.54) is 50.4 Å². The lowest BCUT2D eigenvalue weighted by atomic mass is 10.0. The summed E-state index contributed by atoms with van der Waals surface area (Å²) in [5, 5.41) is 5.65. The minimum Gasteiger partial charge on any atom is -0.331 e. The molecule has 2 aromatic carbocycles. The van der Waals surface area contributed by atoms with E-state index in [1.807, 2.05) is 18.2 Å². The van der Waals surface area contributed by atoms with Crippen molar-refractivity contribution in [2.75, 3.05) is 39.0 Å². The van der Waals surface area contributed by atoms with Gasteiger partial charge in [0.2, 0.25) is 10.0 Å². The summed E-state index contributed by atoms with van der Waals surface area (Å²) in [6, 6.07) is 15.5. The van der Waals surface area contributed by atoms with Crippen molar-refractivity contribution < 1.29 is 22.8 Å². The van der Waals surface area contributed by atoms with Crippen molar-refractivity contribution in [2.45, 2.75) is 50.1 Å². The van der Waals surface area contributed by atoms with Crippen LogP contribution in [0.2, 0.25) is 0 Å². The predicted molar refractivity (Wildman–Crippen MR) is 167 cm³/mol. The van der Waals surface area contributed by atoms with E-state index in [-0.39, 0.29) is 10.5 Å². The minimum atomic E-state index is -3.64. The zero-order chi connectivity index (χ0) is 30.6. The maximum atomic E-state index is 13.4. The topological polar surface area (TPSA) is 119 Å². The molecule has 228 valence electrons. The Morgan fingerprint density at radius 3 is 2.21 bits per heavy atom. The number of urea groups is 1. The van der Waals surface area contributed by atoms with Gasteiger partial charge in [0.1, 0.15) is 5.00 Å². The Kier molecular flexibility index (Phi) is 9.60. The number of nitrogens with one attached hydrogen (secondary N) is 2. The SMILES string of the molecule is CN(C)C(=O)NC(=O)c1c(NC(=O)c2ccc(S(=O)(=O)N3CCCCCC3)cc2)sc2c1CCN(Cc1ccccc1)C2. The molecule has 2 aliphatic heterocycles. The standard InChI is InChI=1S/C31H37N5O5S2/c1-34(2)31(39)33-29(38)27-25-16-19-35(20-22-10-6-5-7-11-22)21-26(25)42-30(27)32-28(37)23-12-14-24(15-13-23)43(40,41)36-17-8-3-4-9-18-36/h5-7,10-15H,3-4,8-9,16-21H2,1-2H3,(H,32,37)(H,33,38,39). The Labute approximate surface area is 256 Å². The third kappa shape index (κ3) is 7.15. The first-order chi connectivity index (χ1) is 20.6. The quantitative estimate of drug-likeness (QED) is 0.399. The number of anilines is 1. The van der Waals surface area contributed by atoms with Gasteiger partial charge in [-0.3, -0.25) is 19.8 Å². The second-order valence-electron chi connectivity index (χ2n) is 11.1. The van der Waals surface area contributed by atoms with E-state index >= 15 is 0 Å². The number of benzene rings is 2. The number of nitrogens with zero attached hydrogens (tertiary/aromatic N) is 3. The summed E-state index contributed by atoms with van der Waals surface area (Å²) in [6.45, 7) is 3.08. The number of rotatable bonds is 7. The van der Waals surface area contributed by atoms with E-state index in [4.69, 9.17) is 0 Å². The fourth-order valence-electron chi connectivity index (χ4n) is 5.42. The van der Waals surface area contributed by atoms with E-state index in [0.29, 0.717) is 36.6 Å². The molecule has 2 aliphatic rings. The van der Waals surface area contributed by atoms with Crippen molar-refractivity contribution in [3.63, 3.8) is 0 Å². The molecular weight excluding hydrogens is 587 g/mol. The number of carbonyl (C=O) groups is 3. The average Bonchev–Trinajstić information content (AvgIpc) is 3.14. The molecule has 3 aromatic rings. The predicted octanol–water partition coefficient (Wildman–Crippen LogP) is 4.53. The summed E-state index contributed by atoms with van der Waals surface area (Å²) in [6.07, 6.45) is 4.31. The summed E-state index contributed by atoms with van der Waals surface area (Å²) in [5.41, 5.74) is 2.57. The van der Waals surface area contributed by atoms with E-state index in [2.05, 4.69) is 27.7 Å². The lowest BCUT2D eigenvalue weighted by Gasteiger charge is -2.27. The van der Waals surface area contributed by atoms with Crippen molar-refractivity contribution >= 4 is 44.2 Å². The van der Waals surface area contributed by atoms with Crippen molar-refractivity contribution in [1.82, 2.24) is 19.4 Å². The molecule has 2 N–H and O–H groups in total. The lowest BCUT2D eigenvalue weighted by molar-refractivity contribution is 0.0956. The molecule has 3 heterocycles. The van der Waals surface area contributed by atoms with Gasteiger partial charge in [0.25, 0.3) is 11.8 Å². The number of imide groups is 1. The van der Waals surface area contributed by atoms with Gasteiger partial charge in [-0.25, -0.2) is 13.2 Å². The van der Waals surface area contributed by atoms with Crippen LogP contribution < -0.4 is 10.6 Å². The molecule has 0 aliphatic carbocycles. The van der Waals surface area contributed by atoms with Crippen molar-refractivity contribution in [3.8, 4) is 0 Å². The minimum absolute atomic E-state index is 0.151. The third-order valence-corrected chi connectivity index (χ3v) is 10.8. The fraction of sp³-hybridized carbons (Fsp3) is 0.387. The van der Waals surface area contributed by atoms with E-state index in [0.717, 1.165) is 49.2 Å². The van der Waals surface area contributed by atoms with Crippen LogP contribution in [-0.2, 0) is 29.5 Å². The summed E-state index contributed by atoms with van der Waals surface area (Å²) in [7, 11) is -0.547. The smallest absolute Gasteiger partial charge is 0.323 e. The zero-order valence-corrected chi connectivity index (χ0v) is 26.1. The Bertz CT molecular complexity index is 1580. The normalized spacial score (nSPS) is 16.1. The largest absolute Gasteiger partial charge is 0.331 e. The molecule has 4 amide bonds.